The number of hydrogen-bond acceptors (Lipinski definition) is 4. The van der Waals surface area contributed by atoms with Gasteiger partial charge in [-0.05, 0) is 25.3 Å². The van der Waals surface area contributed by atoms with Crippen LogP contribution in [0.15, 0.2) is 60.0 Å². The minimum Gasteiger partial charge on any atom is -0.352 e. The van der Waals surface area contributed by atoms with Crippen LogP contribution in [-0.2, 0) is 22.4 Å². The van der Waals surface area contributed by atoms with Gasteiger partial charge in [0.2, 0.25) is 11.8 Å². The number of aromatic nitrogens is 1. The lowest BCUT2D eigenvalue weighted by Gasteiger charge is -2.18. The second-order valence-electron chi connectivity index (χ2n) is 7.78. The Morgan fingerprint density at radius 3 is 2.53 bits per heavy atom. The molecule has 2 amide bonds. The lowest BCUT2D eigenvalue weighted by molar-refractivity contribution is -0.128. The number of nitrogens with zero attached hydrogens (tertiary/aromatic N) is 1. The first-order chi connectivity index (χ1) is 14.6. The van der Waals surface area contributed by atoms with Crippen LogP contribution >= 0.6 is 11.3 Å². The molecule has 1 fully saturated rings. The van der Waals surface area contributed by atoms with E-state index in [1.54, 1.807) is 0 Å². The number of benzene rings is 2. The predicted molar refractivity (Wildman–Crippen MR) is 119 cm³/mol. The summed E-state index contributed by atoms with van der Waals surface area (Å²) < 4.78 is 0. The SMILES string of the molecule is Cc1ccc(-c2nc(CC(=O)NC(Cc3ccccc3)C(=O)NC3CC3)cs2)cc1. The molecular formula is C24H25N3O2S. The molecule has 154 valence electrons. The topological polar surface area (TPSA) is 71.1 Å². The van der Waals surface area contributed by atoms with E-state index in [4.69, 9.17) is 0 Å². The molecule has 2 aromatic carbocycles. The fourth-order valence-corrected chi connectivity index (χ4v) is 4.04. The number of hydrogen-bond donors (Lipinski definition) is 2. The lowest BCUT2D eigenvalue weighted by atomic mass is 10.0. The second kappa shape index (κ2) is 9.22. The molecule has 3 aromatic rings. The van der Waals surface area contributed by atoms with Crippen molar-refractivity contribution >= 4 is 23.2 Å². The molecule has 0 aliphatic heterocycles. The third-order valence-electron chi connectivity index (χ3n) is 5.05. The van der Waals surface area contributed by atoms with Crippen molar-refractivity contribution in [1.82, 2.24) is 15.6 Å². The first-order valence-electron chi connectivity index (χ1n) is 10.2. The summed E-state index contributed by atoms with van der Waals surface area (Å²) in [7, 11) is 0. The van der Waals surface area contributed by atoms with E-state index in [0.717, 1.165) is 29.0 Å². The van der Waals surface area contributed by atoms with Crippen LogP contribution in [0.2, 0.25) is 0 Å². The highest BCUT2D eigenvalue weighted by Crippen LogP contribution is 2.24. The minimum absolute atomic E-state index is 0.117. The molecule has 0 spiro atoms. The summed E-state index contributed by atoms with van der Waals surface area (Å²) in [5, 5.41) is 8.72. The Bertz CT molecular complexity index is 1010. The Labute approximate surface area is 180 Å². The van der Waals surface area contributed by atoms with Crippen LogP contribution in [0.25, 0.3) is 10.6 Å². The average Bonchev–Trinajstić information content (AvgIpc) is 3.44. The molecule has 1 unspecified atom stereocenters. The number of nitrogens with one attached hydrogen (secondary N) is 2. The third kappa shape index (κ3) is 5.54. The van der Waals surface area contributed by atoms with E-state index in [1.807, 2.05) is 54.8 Å². The molecular weight excluding hydrogens is 394 g/mol. The molecule has 1 aromatic heterocycles. The highest BCUT2D eigenvalue weighted by molar-refractivity contribution is 7.13. The first kappa shape index (κ1) is 20.3. The van der Waals surface area contributed by atoms with Gasteiger partial charge in [-0.3, -0.25) is 9.59 Å². The summed E-state index contributed by atoms with van der Waals surface area (Å²) in [6.07, 6.45) is 2.65. The zero-order chi connectivity index (χ0) is 20.9. The van der Waals surface area contributed by atoms with Crippen molar-refractivity contribution in [2.75, 3.05) is 0 Å². The minimum atomic E-state index is -0.587. The summed E-state index contributed by atoms with van der Waals surface area (Å²) in [4.78, 5) is 29.9. The quantitative estimate of drug-likeness (QED) is 0.585. The maximum atomic E-state index is 12.7. The van der Waals surface area contributed by atoms with Crippen molar-refractivity contribution in [3.63, 3.8) is 0 Å². The number of rotatable bonds is 8. The molecule has 30 heavy (non-hydrogen) atoms. The molecule has 1 aliphatic carbocycles. The molecule has 1 aliphatic rings. The van der Waals surface area contributed by atoms with E-state index in [2.05, 4.69) is 27.8 Å². The number of carbonyl (C=O) groups is 2. The maximum absolute atomic E-state index is 12.7. The molecule has 5 nitrogen and oxygen atoms in total. The van der Waals surface area contributed by atoms with Gasteiger partial charge in [0.1, 0.15) is 11.0 Å². The number of aryl methyl sites for hydroxylation is 1. The molecule has 6 heteroatoms. The Kier molecular flexibility index (Phi) is 6.23. The van der Waals surface area contributed by atoms with Crippen molar-refractivity contribution in [1.29, 1.82) is 0 Å². The third-order valence-corrected chi connectivity index (χ3v) is 5.99. The zero-order valence-corrected chi connectivity index (χ0v) is 17.7. The average molecular weight is 420 g/mol. The zero-order valence-electron chi connectivity index (χ0n) is 16.9. The van der Waals surface area contributed by atoms with Crippen molar-refractivity contribution in [3.05, 3.63) is 76.8 Å². The smallest absolute Gasteiger partial charge is 0.243 e. The van der Waals surface area contributed by atoms with E-state index < -0.39 is 6.04 Å². The standard InChI is InChI=1S/C24H25N3O2S/c1-16-7-9-18(10-8-16)24-26-20(15-30-24)14-22(28)27-21(23(29)25-19-11-12-19)13-17-5-3-2-4-6-17/h2-10,15,19,21H,11-14H2,1H3,(H,25,29)(H,27,28). The van der Waals surface area contributed by atoms with Gasteiger partial charge >= 0.3 is 0 Å². The van der Waals surface area contributed by atoms with Gasteiger partial charge in [-0.15, -0.1) is 11.3 Å². The highest BCUT2D eigenvalue weighted by Gasteiger charge is 2.28. The number of carbonyl (C=O) groups excluding carboxylic acids is 2. The van der Waals surface area contributed by atoms with Gasteiger partial charge in [-0.2, -0.15) is 0 Å². The van der Waals surface area contributed by atoms with Crippen LogP contribution in [0.1, 0.15) is 29.7 Å². The predicted octanol–water partition coefficient (Wildman–Crippen LogP) is 3.67. The van der Waals surface area contributed by atoms with Gasteiger partial charge in [0.15, 0.2) is 0 Å². The molecule has 0 saturated heterocycles. The monoisotopic (exact) mass is 419 g/mol. The molecule has 0 bridgehead atoms. The Balaban J connectivity index is 1.40. The van der Waals surface area contributed by atoms with Crippen molar-refractivity contribution in [2.45, 2.75) is 44.7 Å². The van der Waals surface area contributed by atoms with Gasteiger partial charge in [-0.1, -0.05) is 60.2 Å². The normalized spacial score (nSPS) is 14.2. The Morgan fingerprint density at radius 1 is 1.10 bits per heavy atom. The summed E-state index contributed by atoms with van der Waals surface area (Å²) >= 11 is 1.52. The van der Waals surface area contributed by atoms with Gasteiger partial charge in [-0.25, -0.2) is 4.98 Å². The molecule has 1 heterocycles. The van der Waals surface area contributed by atoms with Crippen molar-refractivity contribution in [3.8, 4) is 10.6 Å². The lowest BCUT2D eigenvalue weighted by Crippen LogP contribution is -2.49. The van der Waals surface area contributed by atoms with Crippen molar-refractivity contribution < 1.29 is 9.59 Å². The number of thiazole rings is 1. The van der Waals surface area contributed by atoms with E-state index >= 15 is 0 Å². The van der Waals surface area contributed by atoms with Crippen LogP contribution in [0.4, 0.5) is 0 Å². The molecule has 2 N–H and O–H groups in total. The van der Waals surface area contributed by atoms with Gasteiger partial charge < -0.3 is 10.6 Å². The highest BCUT2D eigenvalue weighted by atomic mass is 32.1. The Morgan fingerprint density at radius 2 is 1.83 bits per heavy atom. The summed E-state index contributed by atoms with van der Waals surface area (Å²) in [6.45, 7) is 2.05. The van der Waals surface area contributed by atoms with Crippen LogP contribution in [0.3, 0.4) is 0 Å². The fourth-order valence-electron chi connectivity index (χ4n) is 3.22. The molecule has 0 radical (unpaired) electrons. The summed E-state index contributed by atoms with van der Waals surface area (Å²) in [5.41, 5.74) is 3.98. The van der Waals surface area contributed by atoms with Gasteiger partial charge in [0.05, 0.1) is 12.1 Å². The molecule has 1 saturated carbocycles. The van der Waals surface area contributed by atoms with Gasteiger partial charge in [0.25, 0.3) is 0 Å². The van der Waals surface area contributed by atoms with Gasteiger partial charge in [0, 0.05) is 23.4 Å². The van der Waals surface area contributed by atoms with Crippen molar-refractivity contribution in [2.24, 2.45) is 0 Å². The van der Waals surface area contributed by atoms with Crippen LogP contribution < -0.4 is 10.6 Å². The van der Waals surface area contributed by atoms with E-state index in [1.165, 1.54) is 16.9 Å². The summed E-state index contributed by atoms with van der Waals surface area (Å²) in [5.74, 6) is -0.309. The van der Waals surface area contributed by atoms with E-state index in [9.17, 15) is 9.59 Å². The second-order valence-corrected chi connectivity index (χ2v) is 8.64. The van der Waals surface area contributed by atoms with Crippen LogP contribution in [0, 0.1) is 6.92 Å². The maximum Gasteiger partial charge on any atom is 0.243 e. The van der Waals surface area contributed by atoms with E-state index in [-0.39, 0.29) is 24.3 Å². The largest absolute Gasteiger partial charge is 0.352 e. The fraction of sp³-hybridized carbons (Fsp3) is 0.292. The number of amides is 2. The van der Waals surface area contributed by atoms with Crippen LogP contribution in [-0.4, -0.2) is 28.9 Å². The molecule has 1 atom stereocenters. The molecule has 4 rings (SSSR count). The Hall–Kier alpha value is -2.99. The van der Waals surface area contributed by atoms with E-state index in [0.29, 0.717) is 12.1 Å². The first-order valence-corrected chi connectivity index (χ1v) is 11.1. The summed E-state index contributed by atoms with van der Waals surface area (Å²) in [6, 6.07) is 17.6. The van der Waals surface area contributed by atoms with Crippen LogP contribution in [0.5, 0.6) is 0 Å².